The molecule has 36 heavy (non-hydrogen) atoms. The predicted octanol–water partition coefficient (Wildman–Crippen LogP) is 4.82. The van der Waals surface area contributed by atoms with E-state index in [2.05, 4.69) is 9.97 Å². The van der Waals surface area contributed by atoms with Crippen LogP contribution in [0.15, 0.2) is 35.5 Å². The Bertz CT molecular complexity index is 1220. The number of hydrogen-bond acceptors (Lipinski definition) is 8. The molecular formula is C26H33N3O6S. The molecule has 3 heterocycles. The van der Waals surface area contributed by atoms with Crippen molar-refractivity contribution in [2.75, 3.05) is 0 Å². The van der Waals surface area contributed by atoms with E-state index in [0.29, 0.717) is 40.8 Å². The molecule has 3 fully saturated rings. The molecule has 5 rings (SSSR count). The molecule has 1 aliphatic carbocycles. The maximum atomic E-state index is 12.7. The number of carbonyl (C=O) groups excluding carboxylic acids is 1. The van der Waals surface area contributed by atoms with Gasteiger partial charge < -0.3 is 19.1 Å². The number of amides is 1. The smallest absolute Gasteiger partial charge is 0.410 e. The molecule has 3 aliphatic rings. The lowest BCUT2D eigenvalue weighted by Crippen LogP contribution is -2.50. The molecular weight excluding hydrogens is 482 g/mol. The first-order chi connectivity index (χ1) is 17.0. The lowest BCUT2D eigenvalue weighted by Gasteiger charge is -2.39. The minimum absolute atomic E-state index is 0.0745. The molecule has 10 heteroatoms. The summed E-state index contributed by atoms with van der Waals surface area (Å²) in [6.07, 6.45) is 5.83. The summed E-state index contributed by atoms with van der Waals surface area (Å²) < 4.78 is 42.7. The molecule has 0 spiro atoms. The molecule has 2 unspecified atom stereocenters. The van der Waals surface area contributed by atoms with Crippen molar-refractivity contribution in [2.45, 2.75) is 100 Å². The number of nitrogens with zero attached hydrogens (tertiary/aromatic N) is 3. The highest BCUT2D eigenvalue weighted by molar-refractivity contribution is 7.92. The summed E-state index contributed by atoms with van der Waals surface area (Å²) in [5.41, 5.74) is 0.138. The SMILES string of the molecule is Cc1c(Oc2ccc(S(=O)(=O)C3CC3)cc2)ncnc1OC1CC2CC[C@@H](C1)N2C(=O)OC(C)(C)C. The van der Waals surface area contributed by atoms with Crippen molar-refractivity contribution in [1.82, 2.24) is 14.9 Å². The van der Waals surface area contributed by atoms with Crippen molar-refractivity contribution in [3.05, 3.63) is 36.2 Å². The molecule has 0 N–H and O–H groups in total. The van der Waals surface area contributed by atoms with Crippen LogP contribution >= 0.6 is 0 Å². The van der Waals surface area contributed by atoms with E-state index in [0.717, 1.165) is 25.7 Å². The summed E-state index contributed by atoms with van der Waals surface area (Å²) in [5.74, 6) is 1.29. The topological polar surface area (TPSA) is 108 Å². The molecule has 0 radical (unpaired) electrons. The summed E-state index contributed by atoms with van der Waals surface area (Å²) >= 11 is 0. The number of rotatable bonds is 6. The highest BCUT2D eigenvalue weighted by Gasteiger charge is 2.45. The van der Waals surface area contributed by atoms with Gasteiger partial charge in [0.2, 0.25) is 11.8 Å². The fourth-order valence-corrected chi connectivity index (χ4v) is 6.67. The highest BCUT2D eigenvalue weighted by Crippen LogP contribution is 2.39. The standard InChI is InChI=1S/C26H33N3O6S/c1-16-23(33-19-7-9-21(10-8-19)36(31,32)22-11-12-22)27-15-28-24(16)34-20-13-17-5-6-18(14-20)29(17)25(30)35-26(2,3)4/h7-10,15,17-18,20,22H,5-6,11-14H2,1-4H3/t17-,18?,20?/m0/s1. The third kappa shape index (κ3) is 5.14. The van der Waals surface area contributed by atoms with E-state index in [9.17, 15) is 13.2 Å². The zero-order valence-electron chi connectivity index (χ0n) is 21.1. The Morgan fingerprint density at radius 1 is 0.972 bits per heavy atom. The average Bonchev–Trinajstić information content (AvgIpc) is 3.62. The number of piperidine rings is 1. The molecule has 1 aromatic heterocycles. The summed E-state index contributed by atoms with van der Waals surface area (Å²) in [4.78, 5) is 23.5. The maximum Gasteiger partial charge on any atom is 0.410 e. The second kappa shape index (κ2) is 9.21. The Morgan fingerprint density at radius 3 is 2.17 bits per heavy atom. The molecule has 2 bridgehead atoms. The monoisotopic (exact) mass is 515 g/mol. The summed E-state index contributed by atoms with van der Waals surface area (Å²) in [7, 11) is -3.24. The molecule has 9 nitrogen and oxygen atoms in total. The third-order valence-electron chi connectivity index (χ3n) is 6.89. The van der Waals surface area contributed by atoms with Gasteiger partial charge in [-0.25, -0.2) is 23.2 Å². The fourth-order valence-electron chi connectivity index (χ4n) is 5.01. The molecule has 3 atom stereocenters. The average molecular weight is 516 g/mol. The molecule has 194 valence electrons. The zero-order valence-corrected chi connectivity index (χ0v) is 22.0. The van der Waals surface area contributed by atoms with Crippen LogP contribution in [0, 0.1) is 6.92 Å². The molecule has 1 amide bonds. The van der Waals surface area contributed by atoms with E-state index in [1.54, 1.807) is 24.3 Å². The molecule has 1 aromatic carbocycles. The third-order valence-corrected chi connectivity index (χ3v) is 9.17. The van der Waals surface area contributed by atoms with Crippen molar-refractivity contribution < 1.29 is 27.4 Å². The van der Waals surface area contributed by atoms with E-state index >= 15 is 0 Å². The van der Waals surface area contributed by atoms with Gasteiger partial charge in [-0.2, -0.15) is 0 Å². The lowest BCUT2D eigenvalue weighted by atomic mass is 10.00. The minimum Gasteiger partial charge on any atom is -0.474 e. The van der Waals surface area contributed by atoms with Crippen molar-refractivity contribution in [1.29, 1.82) is 0 Å². The van der Waals surface area contributed by atoms with E-state index < -0.39 is 15.4 Å². The Hall–Kier alpha value is -2.88. The van der Waals surface area contributed by atoms with Gasteiger partial charge in [-0.3, -0.25) is 0 Å². The lowest BCUT2D eigenvalue weighted by molar-refractivity contribution is -0.00773. The van der Waals surface area contributed by atoms with E-state index in [1.807, 2.05) is 32.6 Å². The van der Waals surface area contributed by atoms with Crippen molar-refractivity contribution >= 4 is 15.9 Å². The van der Waals surface area contributed by atoms with Gasteiger partial charge in [0.15, 0.2) is 9.84 Å². The number of sulfone groups is 1. The van der Waals surface area contributed by atoms with Gasteiger partial charge in [0.25, 0.3) is 0 Å². The van der Waals surface area contributed by atoms with Crippen molar-refractivity contribution in [3.63, 3.8) is 0 Å². The van der Waals surface area contributed by atoms with Crippen LogP contribution in [-0.2, 0) is 14.6 Å². The number of hydrogen-bond donors (Lipinski definition) is 0. The Kier molecular flexibility index (Phi) is 6.34. The first kappa shape index (κ1) is 24.8. The quantitative estimate of drug-likeness (QED) is 0.539. The number of aromatic nitrogens is 2. The molecule has 1 saturated carbocycles. The second-order valence-electron chi connectivity index (χ2n) is 10.9. The van der Waals surface area contributed by atoms with E-state index in [1.165, 1.54) is 6.33 Å². The van der Waals surface area contributed by atoms with Crippen LogP contribution in [0.2, 0.25) is 0 Å². The Morgan fingerprint density at radius 2 is 1.58 bits per heavy atom. The summed E-state index contributed by atoms with van der Waals surface area (Å²) in [6.45, 7) is 7.47. The maximum absolute atomic E-state index is 12.7. The number of carbonyl (C=O) groups is 1. The normalized spacial score (nSPS) is 23.9. The van der Waals surface area contributed by atoms with Crippen LogP contribution in [0.3, 0.4) is 0 Å². The second-order valence-corrected chi connectivity index (χ2v) is 13.1. The van der Waals surface area contributed by atoms with E-state index in [-0.39, 0.29) is 29.5 Å². The highest BCUT2D eigenvalue weighted by atomic mass is 32.2. The van der Waals surface area contributed by atoms with Gasteiger partial charge in [0, 0.05) is 24.9 Å². The summed E-state index contributed by atoms with van der Waals surface area (Å²) in [5, 5.41) is -0.251. The first-order valence-corrected chi connectivity index (χ1v) is 14.1. The first-order valence-electron chi connectivity index (χ1n) is 12.5. The number of fused-ring (bicyclic) bond motifs is 2. The van der Waals surface area contributed by atoms with Crippen LogP contribution in [0.5, 0.6) is 17.5 Å². The van der Waals surface area contributed by atoms with Gasteiger partial charge in [-0.15, -0.1) is 0 Å². The molecule has 2 aromatic rings. The van der Waals surface area contributed by atoms with Crippen LogP contribution in [-0.4, -0.2) is 58.4 Å². The molecule has 2 saturated heterocycles. The Balaban J connectivity index is 1.24. The van der Waals surface area contributed by atoms with Gasteiger partial charge in [-0.1, -0.05) is 0 Å². The van der Waals surface area contributed by atoms with Crippen LogP contribution in [0.4, 0.5) is 4.79 Å². The van der Waals surface area contributed by atoms with Gasteiger partial charge in [0.05, 0.1) is 15.7 Å². The number of benzene rings is 1. The predicted molar refractivity (Wildman–Crippen MR) is 132 cm³/mol. The van der Waals surface area contributed by atoms with Crippen LogP contribution in [0.1, 0.15) is 64.9 Å². The van der Waals surface area contributed by atoms with Gasteiger partial charge >= 0.3 is 6.09 Å². The van der Waals surface area contributed by atoms with Crippen molar-refractivity contribution in [2.24, 2.45) is 0 Å². The minimum atomic E-state index is -3.24. The Labute approximate surface area is 212 Å². The van der Waals surface area contributed by atoms with Gasteiger partial charge in [0.1, 0.15) is 23.8 Å². The fraction of sp³-hybridized carbons (Fsp3) is 0.577. The largest absolute Gasteiger partial charge is 0.474 e. The molecule has 2 aliphatic heterocycles. The van der Waals surface area contributed by atoms with Crippen LogP contribution < -0.4 is 9.47 Å². The zero-order chi connectivity index (χ0) is 25.7. The summed E-state index contributed by atoms with van der Waals surface area (Å²) in [6, 6.07) is 6.61. The van der Waals surface area contributed by atoms with E-state index in [4.69, 9.17) is 14.2 Å². The number of ether oxygens (including phenoxy) is 3. The van der Waals surface area contributed by atoms with Gasteiger partial charge in [-0.05, 0) is 77.6 Å². The van der Waals surface area contributed by atoms with Crippen LogP contribution in [0.25, 0.3) is 0 Å². The van der Waals surface area contributed by atoms with Crippen molar-refractivity contribution in [3.8, 4) is 17.5 Å².